The highest BCUT2D eigenvalue weighted by molar-refractivity contribution is 8.00. The molecular weight excluding hydrogens is 424 g/mol. The number of aryl methyl sites for hydroxylation is 1. The van der Waals surface area contributed by atoms with Gasteiger partial charge in [-0.25, -0.2) is 0 Å². The van der Waals surface area contributed by atoms with Gasteiger partial charge in [0.2, 0.25) is 5.91 Å². The summed E-state index contributed by atoms with van der Waals surface area (Å²) in [6.45, 7) is 2.65. The molecule has 0 bridgehead atoms. The van der Waals surface area contributed by atoms with Gasteiger partial charge in [-0.05, 0) is 49.4 Å². The first-order chi connectivity index (χ1) is 15.5. The minimum absolute atomic E-state index is 0.00604. The average Bonchev–Trinajstić information content (AvgIpc) is 2.83. The number of hydrogen-bond acceptors (Lipinski definition) is 5. The van der Waals surface area contributed by atoms with E-state index in [9.17, 15) is 9.59 Å². The van der Waals surface area contributed by atoms with Gasteiger partial charge in [-0.1, -0.05) is 31.4 Å². The second-order valence-corrected chi connectivity index (χ2v) is 9.09. The second-order valence-electron chi connectivity index (χ2n) is 8.07. The molecule has 0 spiro atoms. The molecule has 0 radical (unpaired) electrons. The van der Waals surface area contributed by atoms with E-state index in [1.165, 1.54) is 43.9 Å². The number of rotatable bonds is 9. The van der Waals surface area contributed by atoms with Gasteiger partial charge < -0.3 is 20.1 Å². The molecule has 6 nitrogen and oxygen atoms in total. The number of thioether (sulfide) groups is 1. The van der Waals surface area contributed by atoms with Crippen molar-refractivity contribution in [2.75, 3.05) is 31.8 Å². The number of carbonyl (C=O) groups is 2. The number of anilines is 1. The van der Waals surface area contributed by atoms with Crippen molar-refractivity contribution < 1.29 is 19.1 Å². The molecule has 0 aliphatic heterocycles. The van der Waals surface area contributed by atoms with Gasteiger partial charge in [0.15, 0.2) is 11.5 Å². The molecule has 1 aliphatic rings. The number of ether oxygens (including phenoxy) is 2. The van der Waals surface area contributed by atoms with E-state index in [2.05, 4.69) is 10.6 Å². The van der Waals surface area contributed by atoms with Crippen molar-refractivity contribution in [2.24, 2.45) is 5.92 Å². The minimum Gasteiger partial charge on any atom is -0.493 e. The van der Waals surface area contributed by atoms with Gasteiger partial charge in [-0.2, -0.15) is 0 Å². The van der Waals surface area contributed by atoms with Crippen LogP contribution in [0, 0.1) is 12.8 Å². The van der Waals surface area contributed by atoms with Gasteiger partial charge in [0.1, 0.15) is 0 Å². The number of amides is 2. The highest BCUT2D eigenvalue weighted by Gasteiger charge is 2.17. The van der Waals surface area contributed by atoms with Crippen molar-refractivity contribution in [3.8, 4) is 11.5 Å². The zero-order valence-corrected chi connectivity index (χ0v) is 19.8. The summed E-state index contributed by atoms with van der Waals surface area (Å²) in [4.78, 5) is 26.1. The van der Waals surface area contributed by atoms with Crippen molar-refractivity contribution in [2.45, 2.75) is 43.9 Å². The third kappa shape index (κ3) is 6.42. The molecule has 2 N–H and O–H groups in total. The number of benzene rings is 2. The Kier molecular flexibility index (Phi) is 8.85. The van der Waals surface area contributed by atoms with E-state index in [0.717, 1.165) is 17.0 Å². The van der Waals surface area contributed by atoms with Crippen LogP contribution in [0.25, 0.3) is 0 Å². The quantitative estimate of drug-likeness (QED) is 0.516. The fourth-order valence-corrected chi connectivity index (χ4v) is 4.81. The largest absolute Gasteiger partial charge is 0.493 e. The van der Waals surface area contributed by atoms with Crippen molar-refractivity contribution >= 4 is 29.3 Å². The van der Waals surface area contributed by atoms with Gasteiger partial charge in [0.05, 0.1) is 25.5 Å². The zero-order chi connectivity index (χ0) is 22.9. The first-order valence-electron chi connectivity index (χ1n) is 11.0. The molecule has 32 heavy (non-hydrogen) atoms. The lowest BCUT2D eigenvalue weighted by Crippen LogP contribution is -2.31. The maximum Gasteiger partial charge on any atom is 0.256 e. The topological polar surface area (TPSA) is 76.7 Å². The summed E-state index contributed by atoms with van der Waals surface area (Å²) in [5.41, 5.74) is 2.05. The molecule has 0 atom stereocenters. The summed E-state index contributed by atoms with van der Waals surface area (Å²) in [5, 5.41) is 6.02. The monoisotopic (exact) mass is 456 g/mol. The Bertz CT molecular complexity index is 942. The first-order valence-corrected chi connectivity index (χ1v) is 12.0. The Morgan fingerprint density at radius 3 is 2.44 bits per heavy atom. The lowest BCUT2D eigenvalue weighted by molar-refractivity contribution is -0.118. The highest BCUT2D eigenvalue weighted by Crippen LogP contribution is 2.33. The normalized spacial score (nSPS) is 14.0. The molecule has 3 rings (SSSR count). The van der Waals surface area contributed by atoms with Crippen LogP contribution in [0.1, 0.15) is 48.0 Å². The molecule has 1 aliphatic carbocycles. The first kappa shape index (κ1) is 24.0. The smallest absolute Gasteiger partial charge is 0.256 e. The molecular formula is C25H32N2O4S. The molecule has 0 heterocycles. The van der Waals surface area contributed by atoms with E-state index in [0.29, 0.717) is 28.7 Å². The predicted molar refractivity (Wildman–Crippen MR) is 129 cm³/mol. The molecule has 1 fully saturated rings. The fraction of sp³-hybridized carbons (Fsp3) is 0.440. The fourth-order valence-electron chi connectivity index (χ4n) is 3.93. The lowest BCUT2D eigenvalue weighted by Gasteiger charge is -2.21. The predicted octanol–water partition coefficient (Wildman–Crippen LogP) is 5.05. The summed E-state index contributed by atoms with van der Waals surface area (Å²) in [6, 6.07) is 10.9. The zero-order valence-electron chi connectivity index (χ0n) is 19.0. The summed E-state index contributed by atoms with van der Waals surface area (Å²) in [6.07, 6.45) is 6.23. The SMILES string of the molecule is COc1cc(C)c(NC(=O)c2ccccc2SCC(=O)NCC2CCCCC2)cc1OC. The van der Waals surface area contributed by atoms with Crippen LogP contribution in [0.4, 0.5) is 5.69 Å². The molecule has 2 aromatic carbocycles. The third-order valence-electron chi connectivity index (χ3n) is 5.78. The summed E-state index contributed by atoms with van der Waals surface area (Å²) >= 11 is 1.38. The van der Waals surface area contributed by atoms with Crippen molar-refractivity contribution in [3.63, 3.8) is 0 Å². The van der Waals surface area contributed by atoms with Gasteiger partial charge in [-0.15, -0.1) is 11.8 Å². The van der Waals surface area contributed by atoms with Crippen molar-refractivity contribution in [3.05, 3.63) is 47.5 Å². The minimum atomic E-state index is -0.231. The van der Waals surface area contributed by atoms with E-state index in [-0.39, 0.29) is 17.6 Å². The van der Waals surface area contributed by atoms with Crippen LogP contribution in [0.15, 0.2) is 41.3 Å². The Morgan fingerprint density at radius 1 is 1.03 bits per heavy atom. The molecule has 172 valence electrons. The Hall–Kier alpha value is -2.67. The number of methoxy groups -OCH3 is 2. The molecule has 2 aromatic rings. The van der Waals surface area contributed by atoms with E-state index >= 15 is 0 Å². The Labute approximate surface area is 194 Å². The summed E-state index contributed by atoms with van der Waals surface area (Å²) in [5.74, 6) is 1.81. The lowest BCUT2D eigenvalue weighted by atomic mass is 9.89. The Morgan fingerprint density at radius 2 is 1.72 bits per heavy atom. The van der Waals surface area contributed by atoms with Crippen LogP contribution in [0.5, 0.6) is 11.5 Å². The third-order valence-corrected chi connectivity index (χ3v) is 6.86. The van der Waals surface area contributed by atoms with E-state index < -0.39 is 0 Å². The van der Waals surface area contributed by atoms with Gasteiger partial charge in [0, 0.05) is 23.2 Å². The molecule has 7 heteroatoms. The molecule has 1 saturated carbocycles. The molecule has 0 saturated heterocycles. The number of nitrogens with one attached hydrogen (secondary N) is 2. The maximum absolute atomic E-state index is 13.0. The molecule has 0 unspecified atom stereocenters. The van der Waals surface area contributed by atoms with Gasteiger partial charge >= 0.3 is 0 Å². The van der Waals surface area contributed by atoms with E-state index in [1.807, 2.05) is 31.2 Å². The average molecular weight is 457 g/mol. The number of carbonyl (C=O) groups excluding carboxylic acids is 2. The van der Waals surface area contributed by atoms with Crippen LogP contribution in [0.2, 0.25) is 0 Å². The number of hydrogen-bond donors (Lipinski definition) is 2. The van der Waals surface area contributed by atoms with Gasteiger partial charge in [0.25, 0.3) is 5.91 Å². The van der Waals surface area contributed by atoms with E-state index in [4.69, 9.17) is 9.47 Å². The molecule has 0 aromatic heterocycles. The summed E-state index contributed by atoms with van der Waals surface area (Å²) < 4.78 is 10.7. The standard InChI is InChI=1S/C25H32N2O4S/c1-17-13-21(30-2)22(31-3)14-20(17)27-25(29)19-11-7-8-12-23(19)32-16-24(28)26-15-18-9-5-4-6-10-18/h7-8,11-14,18H,4-6,9-10,15-16H2,1-3H3,(H,26,28)(H,27,29). The maximum atomic E-state index is 13.0. The Balaban J connectivity index is 1.62. The van der Waals surface area contributed by atoms with Crippen LogP contribution in [0.3, 0.4) is 0 Å². The van der Waals surface area contributed by atoms with Crippen molar-refractivity contribution in [1.29, 1.82) is 0 Å². The highest BCUT2D eigenvalue weighted by atomic mass is 32.2. The van der Waals surface area contributed by atoms with E-state index in [1.54, 1.807) is 26.4 Å². The van der Waals surface area contributed by atoms with Crippen LogP contribution >= 0.6 is 11.8 Å². The van der Waals surface area contributed by atoms with Crippen LogP contribution in [-0.2, 0) is 4.79 Å². The summed E-state index contributed by atoms with van der Waals surface area (Å²) in [7, 11) is 3.14. The van der Waals surface area contributed by atoms with Crippen LogP contribution < -0.4 is 20.1 Å². The van der Waals surface area contributed by atoms with Crippen LogP contribution in [-0.4, -0.2) is 38.3 Å². The van der Waals surface area contributed by atoms with Crippen molar-refractivity contribution in [1.82, 2.24) is 5.32 Å². The van der Waals surface area contributed by atoms with Gasteiger partial charge in [-0.3, -0.25) is 9.59 Å². The second kappa shape index (κ2) is 11.8. The molecule has 2 amide bonds.